The number of hydrogen-bond donors (Lipinski definition) is 1. The molecule has 0 aliphatic heterocycles. The van der Waals surface area contributed by atoms with Crippen LogP contribution in [0.5, 0.6) is 0 Å². The molecule has 5 heteroatoms. The highest BCUT2D eigenvalue weighted by Crippen LogP contribution is 2.38. The number of halogens is 2. The minimum absolute atomic E-state index is 0.303. The lowest BCUT2D eigenvalue weighted by atomic mass is 10.1. The van der Waals surface area contributed by atoms with Crippen molar-refractivity contribution in [2.24, 2.45) is 11.8 Å². The summed E-state index contributed by atoms with van der Waals surface area (Å²) in [5.74, 6) is 1.57. The highest BCUT2D eigenvalue weighted by Gasteiger charge is 2.28. The Bertz CT molecular complexity index is 604. The average Bonchev–Trinajstić information content (AvgIpc) is 3.10. The lowest BCUT2D eigenvalue weighted by Crippen LogP contribution is -2.11. The number of fused-ring (bicyclic) bond motifs is 1. The Hall–Kier alpha value is -1.10. The van der Waals surface area contributed by atoms with Crippen molar-refractivity contribution in [2.45, 2.75) is 26.3 Å². The number of imidazole rings is 1. The van der Waals surface area contributed by atoms with Gasteiger partial charge in [0, 0.05) is 12.6 Å². The van der Waals surface area contributed by atoms with E-state index in [-0.39, 0.29) is 5.82 Å². The van der Waals surface area contributed by atoms with Gasteiger partial charge >= 0.3 is 0 Å². The predicted octanol–water partition coefficient (Wildman–Crippen LogP) is 3.57. The molecule has 1 aromatic heterocycles. The molecule has 1 fully saturated rings. The van der Waals surface area contributed by atoms with Crippen LogP contribution in [0.25, 0.3) is 11.0 Å². The fraction of sp³-hybridized carbons (Fsp3) is 0.462. The molecule has 1 atom stereocenters. The van der Waals surface area contributed by atoms with Crippen LogP contribution in [-0.2, 0) is 6.54 Å². The minimum atomic E-state index is -0.303. The summed E-state index contributed by atoms with van der Waals surface area (Å²) in [5, 5.41) is 0. The van der Waals surface area contributed by atoms with Crippen molar-refractivity contribution in [3.8, 4) is 0 Å². The fourth-order valence-corrected chi connectivity index (χ4v) is 2.76. The highest BCUT2D eigenvalue weighted by atomic mass is 79.9. The van der Waals surface area contributed by atoms with E-state index in [1.54, 1.807) is 6.07 Å². The van der Waals surface area contributed by atoms with Crippen LogP contribution in [0.15, 0.2) is 16.6 Å². The molecule has 0 amide bonds. The molecule has 0 spiro atoms. The molecule has 1 aliphatic rings. The van der Waals surface area contributed by atoms with E-state index in [2.05, 4.69) is 27.8 Å². The number of hydrogen-bond acceptors (Lipinski definition) is 2. The second-order valence-electron chi connectivity index (χ2n) is 5.15. The molecule has 0 bridgehead atoms. The van der Waals surface area contributed by atoms with Crippen LogP contribution in [0.4, 0.5) is 10.3 Å². The first-order chi connectivity index (χ1) is 8.56. The van der Waals surface area contributed by atoms with Crippen molar-refractivity contribution in [2.75, 3.05) is 5.73 Å². The topological polar surface area (TPSA) is 43.8 Å². The van der Waals surface area contributed by atoms with E-state index in [9.17, 15) is 4.39 Å². The van der Waals surface area contributed by atoms with Crippen LogP contribution in [0.2, 0.25) is 0 Å². The van der Waals surface area contributed by atoms with Gasteiger partial charge in [-0.15, -0.1) is 0 Å². The fourth-order valence-electron chi connectivity index (χ4n) is 2.43. The summed E-state index contributed by atoms with van der Waals surface area (Å²) in [6.07, 6.45) is 2.62. The Balaban J connectivity index is 2.04. The van der Waals surface area contributed by atoms with E-state index in [0.717, 1.165) is 18.0 Å². The van der Waals surface area contributed by atoms with E-state index in [0.29, 0.717) is 21.9 Å². The summed E-state index contributed by atoms with van der Waals surface area (Å²) in [4.78, 5) is 4.23. The summed E-state index contributed by atoms with van der Waals surface area (Å²) < 4.78 is 15.9. The van der Waals surface area contributed by atoms with Gasteiger partial charge < -0.3 is 10.3 Å². The first-order valence-electron chi connectivity index (χ1n) is 6.17. The molecular weight excluding hydrogens is 297 g/mol. The maximum atomic E-state index is 13.5. The van der Waals surface area contributed by atoms with Crippen molar-refractivity contribution < 1.29 is 4.39 Å². The van der Waals surface area contributed by atoms with Gasteiger partial charge in [0.2, 0.25) is 5.95 Å². The van der Waals surface area contributed by atoms with Crippen LogP contribution in [0.1, 0.15) is 19.8 Å². The van der Waals surface area contributed by atoms with Gasteiger partial charge in [0.1, 0.15) is 5.82 Å². The molecule has 0 radical (unpaired) electrons. The zero-order valence-electron chi connectivity index (χ0n) is 10.2. The molecule has 1 heterocycles. The van der Waals surface area contributed by atoms with Gasteiger partial charge in [0.15, 0.2) is 0 Å². The van der Waals surface area contributed by atoms with Gasteiger partial charge in [-0.2, -0.15) is 0 Å². The number of aromatic nitrogens is 2. The predicted molar refractivity (Wildman–Crippen MR) is 73.7 cm³/mol. The number of rotatable bonds is 3. The van der Waals surface area contributed by atoms with E-state index in [1.807, 2.05) is 4.57 Å². The molecule has 2 aromatic rings. The number of anilines is 1. The van der Waals surface area contributed by atoms with Crippen molar-refractivity contribution in [3.05, 3.63) is 22.4 Å². The van der Waals surface area contributed by atoms with Crippen LogP contribution in [0, 0.1) is 17.7 Å². The number of nitrogens with zero attached hydrogens (tertiary/aromatic N) is 2. The molecule has 1 saturated carbocycles. The molecule has 2 N–H and O–H groups in total. The summed E-state index contributed by atoms with van der Waals surface area (Å²) in [6.45, 7) is 3.09. The van der Waals surface area contributed by atoms with Crippen LogP contribution >= 0.6 is 15.9 Å². The zero-order valence-corrected chi connectivity index (χ0v) is 11.7. The lowest BCUT2D eigenvalue weighted by molar-refractivity contribution is 0.439. The Kier molecular flexibility index (Phi) is 2.81. The third-order valence-electron chi connectivity index (χ3n) is 3.72. The van der Waals surface area contributed by atoms with E-state index >= 15 is 0 Å². The van der Waals surface area contributed by atoms with Gasteiger partial charge in [-0.25, -0.2) is 9.37 Å². The SMILES string of the molecule is CC(Cn1c(N)nc2cc(F)c(Br)cc21)C1CC1. The Morgan fingerprint density at radius 1 is 1.56 bits per heavy atom. The van der Waals surface area contributed by atoms with Gasteiger partial charge in [-0.1, -0.05) is 6.92 Å². The molecular formula is C13H15BrFN3. The molecule has 1 aliphatic carbocycles. The largest absolute Gasteiger partial charge is 0.369 e. The van der Waals surface area contributed by atoms with Crippen molar-refractivity contribution in [1.82, 2.24) is 9.55 Å². The lowest BCUT2D eigenvalue weighted by Gasteiger charge is -2.13. The third kappa shape index (κ3) is 2.00. The van der Waals surface area contributed by atoms with Gasteiger partial charge in [0.05, 0.1) is 15.5 Å². The van der Waals surface area contributed by atoms with Crippen molar-refractivity contribution >= 4 is 32.9 Å². The molecule has 0 saturated heterocycles. The van der Waals surface area contributed by atoms with Gasteiger partial charge in [-0.05, 0) is 46.7 Å². The monoisotopic (exact) mass is 311 g/mol. The first-order valence-corrected chi connectivity index (χ1v) is 6.96. The number of benzene rings is 1. The number of nitrogen functional groups attached to an aromatic ring is 1. The smallest absolute Gasteiger partial charge is 0.201 e. The molecule has 1 aromatic carbocycles. The third-order valence-corrected chi connectivity index (χ3v) is 4.32. The van der Waals surface area contributed by atoms with Gasteiger partial charge in [-0.3, -0.25) is 0 Å². The maximum absolute atomic E-state index is 13.5. The van der Waals surface area contributed by atoms with E-state index in [4.69, 9.17) is 5.73 Å². The standard InChI is InChI=1S/C13H15BrFN3/c1-7(8-2-3-8)6-18-12-4-9(14)10(15)5-11(12)17-13(18)16/h4-5,7-8H,2-3,6H2,1H3,(H2,16,17). The summed E-state index contributed by atoms with van der Waals surface area (Å²) in [5.41, 5.74) is 7.45. The number of nitrogens with two attached hydrogens (primary N) is 1. The maximum Gasteiger partial charge on any atom is 0.201 e. The Morgan fingerprint density at radius 2 is 2.28 bits per heavy atom. The molecule has 3 rings (SSSR count). The molecule has 96 valence electrons. The molecule has 18 heavy (non-hydrogen) atoms. The Morgan fingerprint density at radius 3 is 2.94 bits per heavy atom. The van der Waals surface area contributed by atoms with Crippen LogP contribution < -0.4 is 5.73 Å². The average molecular weight is 312 g/mol. The van der Waals surface area contributed by atoms with Crippen molar-refractivity contribution in [1.29, 1.82) is 0 Å². The van der Waals surface area contributed by atoms with Crippen LogP contribution in [0.3, 0.4) is 0 Å². The normalized spacial score (nSPS) is 17.3. The summed E-state index contributed by atoms with van der Waals surface area (Å²) in [7, 11) is 0. The highest BCUT2D eigenvalue weighted by molar-refractivity contribution is 9.10. The van der Waals surface area contributed by atoms with E-state index < -0.39 is 0 Å². The second kappa shape index (κ2) is 4.23. The van der Waals surface area contributed by atoms with Crippen LogP contribution in [-0.4, -0.2) is 9.55 Å². The zero-order chi connectivity index (χ0) is 12.9. The molecule has 3 nitrogen and oxygen atoms in total. The summed E-state index contributed by atoms with van der Waals surface area (Å²) in [6, 6.07) is 3.18. The quantitative estimate of drug-likeness (QED) is 0.941. The van der Waals surface area contributed by atoms with E-state index in [1.165, 1.54) is 18.9 Å². The first kappa shape index (κ1) is 12.0. The molecule has 1 unspecified atom stereocenters. The minimum Gasteiger partial charge on any atom is -0.369 e. The second-order valence-corrected chi connectivity index (χ2v) is 6.00. The van der Waals surface area contributed by atoms with Gasteiger partial charge in [0.25, 0.3) is 0 Å². The Labute approximate surface area is 113 Å². The van der Waals surface area contributed by atoms with Crippen molar-refractivity contribution in [3.63, 3.8) is 0 Å². The summed E-state index contributed by atoms with van der Waals surface area (Å²) >= 11 is 3.21.